The molecule has 0 amide bonds. The summed E-state index contributed by atoms with van der Waals surface area (Å²) in [5, 5.41) is 25.6. The molecule has 29 heavy (non-hydrogen) atoms. The number of benzene rings is 1. The van der Waals surface area contributed by atoms with Crippen molar-refractivity contribution < 1.29 is 29.7 Å². The zero-order chi connectivity index (χ0) is 20.9. The SMILES string of the molecule is C=CCc1ccccc1C(=O)O.O=C(O)C1CCCC1.O=C(O)C1CCCC1.[PbH2]. The molecular weight excluding hydrogens is 567 g/mol. The fraction of sp³-hybridized carbons (Fsp3) is 0.500. The number of allylic oxidation sites excluding steroid dienone is 1. The Hall–Kier alpha value is -1.71. The first-order chi connectivity index (χ1) is 13.4. The van der Waals surface area contributed by atoms with Crippen LogP contribution in [0.15, 0.2) is 36.9 Å². The molecule has 1 aromatic carbocycles. The summed E-state index contributed by atoms with van der Waals surface area (Å²) in [5.41, 5.74) is 1.16. The maximum absolute atomic E-state index is 10.7. The van der Waals surface area contributed by atoms with E-state index >= 15 is 0 Å². The molecule has 2 radical (unpaired) electrons. The summed E-state index contributed by atoms with van der Waals surface area (Å²) >= 11 is 0. The van der Waals surface area contributed by atoms with E-state index in [-0.39, 0.29) is 39.1 Å². The number of carboxylic acid groups (broad SMARTS) is 3. The Morgan fingerprint density at radius 1 is 0.862 bits per heavy atom. The molecule has 2 fully saturated rings. The second-order valence-electron chi connectivity index (χ2n) is 7.09. The summed E-state index contributed by atoms with van der Waals surface area (Å²) < 4.78 is 0. The van der Waals surface area contributed by atoms with Gasteiger partial charge in [-0.25, -0.2) is 4.79 Å². The third kappa shape index (κ3) is 10.6. The van der Waals surface area contributed by atoms with Gasteiger partial charge in [-0.1, -0.05) is 50.0 Å². The number of hydrogen-bond acceptors (Lipinski definition) is 3. The molecule has 3 rings (SSSR count). The van der Waals surface area contributed by atoms with Crippen LogP contribution in [0.3, 0.4) is 0 Å². The van der Waals surface area contributed by atoms with Crippen LogP contribution in [-0.2, 0) is 16.0 Å². The molecule has 0 aliphatic heterocycles. The van der Waals surface area contributed by atoms with Gasteiger partial charge in [0.15, 0.2) is 0 Å². The first-order valence-corrected chi connectivity index (χ1v) is 9.74. The molecule has 6 nitrogen and oxygen atoms in total. The Bertz CT molecular complexity index is 635. The number of rotatable bonds is 5. The zero-order valence-electron chi connectivity index (χ0n) is 16.9. The second-order valence-corrected chi connectivity index (χ2v) is 7.09. The minimum absolute atomic E-state index is 0. The summed E-state index contributed by atoms with van der Waals surface area (Å²) in [6.07, 6.45) is 10.3. The van der Waals surface area contributed by atoms with Crippen LogP contribution in [0, 0.1) is 11.8 Å². The maximum atomic E-state index is 10.7. The predicted molar refractivity (Wildman–Crippen MR) is 115 cm³/mol. The van der Waals surface area contributed by atoms with Crippen molar-refractivity contribution in [3.8, 4) is 0 Å². The molecule has 2 saturated carbocycles. The standard InChI is InChI=1S/C10H10O2.2C6H10O2.Pb.2H/c1-2-5-8-6-3-4-7-9(8)10(11)12;2*7-6(8)5-3-1-2-4-5;;;/h2-4,6-7H,1,5H2,(H,11,12);2*5H,1-4H2,(H,7,8);;;. The van der Waals surface area contributed by atoms with Gasteiger partial charge in [-0.3, -0.25) is 9.59 Å². The molecule has 2 aliphatic carbocycles. The Morgan fingerprint density at radius 2 is 1.28 bits per heavy atom. The van der Waals surface area contributed by atoms with Crippen LogP contribution >= 0.6 is 0 Å². The van der Waals surface area contributed by atoms with Gasteiger partial charge in [0.1, 0.15) is 0 Å². The Labute approximate surface area is 192 Å². The van der Waals surface area contributed by atoms with Crippen LogP contribution in [0.5, 0.6) is 0 Å². The van der Waals surface area contributed by atoms with Gasteiger partial charge in [-0.2, -0.15) is 0 Å². The van der Waals surface area contributed by atoms with Gasteiger partial charge < -0.3 is 15.3 Å². The van der Waals surface area contributed by atoms with Crippen molar-refractivity contribution in [1.29, 1.82) is 0 Å². The Kier molecular flexibility index (Phi) is 14.3. The normalized spacial score (nSPS) is 15.7. The molecule has 2 aliphatic rings. The second kappa shape index (κ2) is 15.2. The molecule has 0 heterocycles. The van der Waals surface area contributed by atoms with Crippen LogP contribution in [-0.4, -0.2) is 60.5 Å². The van der Waals surface area contributed by atoms with Crippen molar-refractivity contribution in [3.05, 3.63) is 48.0 Å². The van der Waals surface area contributed by atoms with E-state index in [4.69, 9.17) is 15.3 Å². The molecule has 0 saturated heterocycles. The van der Waals surface area contributed by atoms with Gasteiger partial charge in [0.05, 0.1) is 17.4 Å². The molecule has 0 atom stereocenters. The number of carboxylic acids is 3. The molecule has 0 spiro atoms. The number of hydrogen-bond donors (Lipinski definition) is 3. The first-order valence-electron chi connectivity index (χ1n) is 9.74. The third-order valence-corrected chi connectivity index (χ3v) is 5.02. The molecule has 1 aromatic rings. The third-order valence-electron chi connectivity index (χ3n) is 5.02. The van der Waals surface area contributed by atoms with Crippen molar-refractivity contribution >= 4 is 45.2 Å². The van der Waals surface area contributed by atoms with Gasteiger partial charge in [0, 0.05) is 0 Å². The van der Waals surface area contributed by atoms with E-state index < -0.39 is 17.9 Å². The molecular formula is C22H32O6Pb. The predicted octanol–water partition coefficient (Wildman–Crippen LogP) is 3.72. The van der Waals surface area contributed by atoms with Crippen LogP contribution in [0.4, 0.5) is 0 Å². The Balaban J connectivity index is 0.000000411. The van der Waals surface area contributed by atoms with Crippen LogP contribution in [0.25, 0.3) is 0 Å². The van der Waals surface area contributed by atoms with Gasteiger partial charge in [-0.15, -0.1) is 6.58 Å². The Morgan fingerprint density at radius 3 is 1.59 bits per heavy atom. The fourth-order valence-corrected chi connectivity index (χ4v) is 3.41. The van der Waals surface area contributed by atoms with Crippen molar-refractivity contribution in [1.82, 2.24) is 0 Å². The molecule has 7 heteroatoms. The topological polar surface area (TPSA) is 112 Å². The quantitative estimate of drug-likeness (QED) is 0.352. The van der Waals surface area contributed by atoms with E-state index in [9.17, 15) is 14.4 Å². The number of aliphatic carboxylic acids is 2. The molecule has 0 bridgehead atoms. The van der Waals surface area contributed by atoms with Crippen molar-refractivity contribution in [2.24, 2.45) is 11.8 Å². The number of aromatic carboxylic acids is 1. The van der Waals surface area contributed by atoms with E-state index in [1.54, 1.807) is 24.3 Å². The molecule has 0 aromatic heterocycles. The van der Waals surface area contributed by atoms with E-state index in [0.717, 1.165) is 56.9 Å². The number of carbonyl (C=O) groups is 3. The average Bonchev–Trinajstić information content (AvgIpc) is 3.37. The van der Waals surface area contributed by atoms with Crippen LogP contribution in [0.2, 0.25) is 0 Å². The van der Waals surface area contributed by atoms with E-state index in [1.807, 2.05) is 6.07 Å². The van der Waals surface area contributed by atoms with Gasteiger partial charge in [0.2, 0.25) is 0 Å². The zero-order valence-corrected chi connectivity index (χ0v) is 22.4. The van der Waals surface area contributed by atoms with Crippen molar-refractivity contribution in [2.45, 2.75) is 57.8 Å². The van der Waals surface area contributed by atoms with Crippen molar-refractivity contribution in [3.63, 3.8) is 0 Å². The van der Waals surface area contributed by atoms with Gasteiger partial charge in [0.25, 0.3) is 0 Å². The average molecular weight is 600 g/mol. The molecule has 0 unspecified atom stereocenters. The van der Waals surface area contributed by atoms with E-state index in [1.165, 1.54) is 0 Å². The van der Waals surface area contributed by atoms with Gasteiger partial charge in [-0.05, 0) is 43.7 Å². The summed E-state index contributed by atoms with van der Waals surface area (Å²) in [5.74, 6) is -2.14. The van der Waals surface area contributed by atoms with E-state index in [2.05, 4.69) is 6.58 Å². The first kappa shape index (κ1) is 27.3. The summed E-state index contributed by atoms with van der Waals surface area (Å²) in [6, 6.07) is 6.94. The summed E-state index contributed by atoms with van der Waals surface area (Å²) in [6.45, 7) is 3.56. The monoisotopic (exact) mass is 600 g/mol. The summed E-state index contributed by atoms with van der Waals surface area (Å²) in [7, 11) is 0. The van der Waals surface area contributed by atoms with Crippen LogP contribution in [0.1, 0.15) is 67.3 Å². The fourth-order valence-electron chi connectivity index (χ4n) is 3.41. The van der Waals surface area contributed by atoms with Gasteiger partial charge >= 0.3 is 45.2 Å². The minimum atomic E-state index is -0.882. The molecule has 160 valence electrons. The molecule has 3 N–H and O–H groups in total. The van der Waals surface area contributed by atoms with Crippen molar-refractivity contribution in [2.75, 3.05) is 0 Å². The summed E-state index contributed by atoms with van der Waals surface area (Å²) in [4.78, 5) is 31.1. The van der Waals surface area contributed by atoms with E-state index in [0.29, 0.717) is 12.0 Å². The van der Waals surface area contributed by atoms with Crippen LogP contribution < -0.4 is 0 Å².